The second-order valence-corrected chi connectivity index (χ2v) is 6.65. The Morgan fingerprint density at radius 3 is 3.00 bits per heavy atom. The van der Waals surface area contributed by atoms with Crippen molar-refractivity contribution >= 4 is 10.0 Å². The van der Waals surface area contributed by atoms with Crippen LogP contribution < -0.4 is 5.32 Å². The van der Waals surface area contributed by atoms with Crippen molar-refractivity contribution in [2.45, 2.75) is 18.7 Å². The van der Waals surface area contributed by atoms with Crippen LogP contribution in [0.4, 0.5) is 0 Å². The maximum absolute atomic E-state index is 12.4. The van der Waals surface area contributed by atoms with Gasteiger partial charge in [-0.25, -0.2) is 8.42 Å². The first kappa shape index (κ1) is 14.0. The van der Waals surface area contributed by atoms with Gasteiger partial charge in [-0.2, -0.15) is 9.57 Å². The average molecular weight is 279 g/mol. The van der Waals surface area contributed by atoms with E-state index in [1.54, 1.807) is 28.6 Å². The first-order valence-electron chi connectivity index (χ1n) is 6.22. The lowest BCUT2D eigenvalue weighted by molar-refractivity contribution is 0.283. The van der Waals surface area contributed by atoms with Gasteiger partial charge in [0.05, 0.1) is 17.4 Å². The summed E-state index contributed by atoms with van der Waals surface area (Å²) < 4.78 is 26.3. The molecule has 1 fully saturated rings. The van der Waals surface area contributed by atoms with Crippen LogP contribution in [0, 0.1) is 11.3 Å². The number of benzene rings is 1. The zero-order chi connectivity index (χ0) is 13.9. The van der Waals surface area contributed by atoms with Crippen molar-refractivity contribution in [2.24, 2.45) is 0 Å². The van der Waals surface area contributed by atoms with Gasteiger partial charge in [0.2, 0.25) is 10.0 Å². The summed E-state index contributed by atoms with van der Waals surface area (Å²) in [6.07, 6.45) is 0. The third kappa shape index (κ3) is 3.32. The lowest BCUT2D eigenvalue weighted by Crippen LogP contribution is -2.52. The van der Waals surface area contributed by atoms with E-state index in [-0.39, 0.29) is 11.8 Å². The van der Waals surface area contributed by atoms with E-state index >= 15 is 0 Å². The van der Waals surface area contributed by atoms with Gasteiger partial charge in [-0.15, -0.1) is 0 Å². The van der Waals surface area contributed by atoms with E-state index in [4.69, 9.17) is 5.26 Å². The van der Waals surface area contributed by atoms with Crippen molar-refractivity contribution in [2.75, 3.05) is 19.6 Å². The minimum Gasteiger partial charge on any atom is -0.314 e. The van der Waals surface area contributed by atoms with Gasteiger partial charge in [-0.1, -0.05) is 12.1 Å². The Hall–Kier alpha value is -1.42. The molecule has 0 aliphatic carbocycles. The Bertz CT molecular complexity index is 592. The van der Waals surface area contributed by atoms with Crippen LogP contribution in [0.2, 0.25) is 0 Å². The predicted octanol–water partition coefficient (Wildman–Crippen LogP) is 0.682. The second kappa shape index (κ2) is 5.70. The average Bonchev–Trinajstić information content (AvgIpc) is 2.38. The van der Waals surface area contributed by atoms with E-state index in [1.807, 2.05) is 13.0 Å². The van der Waals surface area contributed by atoms with E-state index in [0.29, 0.717) is 30.8 Å². The summed E-state index contributed by atoms with van der Waals surface area (Å²) in [5.41, 5.74) is 1.14. The van der Waals surface area contributed by atoms with Crippen LogP contribution in [0.1, 0.15) is 18.1 Å². The molecule has 1 aliphatic rings. The van der Waals surface area contributed by atoms with Crippen molar-refractivity contribution in [1.29, 1.82) is 5.26 Å². The van der Waals surface area contributed by atoms with Crippen LogP contribution in [-0.4, -0.2) is 38.4 Å². The first-order valence-corrected chi connectivity index (χ1v) is 7.83. The molecule has 0 spiro atoms. The molecule has 0 saturated carbocycles. The molecule has 0 aromatic heterocycles. The fourth-order valence-corrected chi connectivity index (χ4v) is 4.02. The number of hydrogen-bond donors (Lipinski definition) is 1. The van der Waals surface area contributed by atoms with Crippen molar-refractivity contribution in [3.8, 4) is 6.07 Å². The molecular weight excluding hydrogens is 262 g/mol. The Kier molecular flexibility index (Phi) is 4.20. The number of nitrogens with zero attached hydrogens (tertiary/aromatic N) is 2. The van der Waals surface area contributed by atoms with Gasteiger partial charge in [0.25, 0.3) is 0 Å². The molecule has 0 amide bonds. The van der Waals surface area contributed by atoms with E-state index in [9.17, 15) is 8.42 Å². The normalized spacial score (nSPS) is 20.9. The summed E-state index contributed by atoms with van der Waals surface area (Å²) in [5, 5.41) is 12.0. The monoisotopic (exact) mass is 279 g/mol. The van der Waals surface area contributed by atoms with Crippen molar-refractivity contribution in [1.82, 2.24) is 9.62 Å². The molecule has 1 heterocycles. The third-order valence-electron chi connectivity index (χ3n) is 3.20. The minimum absolute atomic E-state index is 0.0297. The van der Waals surface area contributed by atoms with Gasteiger partial charge in [0, 0.05) is 25.7 Å². The Labute approximate surface area is 113 Å². The molecule has 0 radical (unpaired) electrons. The zero-order valence-corrected chi connectivity index (χ0v) is 11.7. The summed E-state index contributed by atoms with van der Waals surface area (Å²) in [7, 11) is -3.33. The van der Waals surface area contributed by atoms with Crippen LogP contribution >= 0.6 is 0 Å². The van der Waals surface area contributed by atoms with Crippen LogP contribution in [0.3, 0.4) is 0 Å². The number of sulfonamides is 1. The molecule has 2 rings (SSSR count). The summed E-state index contributed by atoms with van der Waals surface area (Å²) >= 11 is 0. The van der Waals surface area contributed by atoms with Crippen molar-refractivity contribution in [3.05, 3.63) is 35.4 Å². The molecule has 102 valence electrons. The molecule has 5 nitrogen and oxygen atoms in total. The van der Waals surface area contributed by atoms with Gasteiger partial charge < -0.3 is 5.32 Å². The molecule has 1 aromatic rings. The molecule has 1 saturated heterocycles. The highest BCUT2D eigenvalue weighted by Crippen LogP contribution is 2.16. The molecule has 0 unspecified atom stereocenters. The van der Waals surface area contributed by atoms with E-state index < -0.39 is 10.0 Å². The largest absolute Gasteiger partial charge is 0.314 e. The fraction of sp³-hybridized carbons (Fsp3) is 0.462. The third-order valence-corrected chi connectivity index (χ3v) is 5.16. The molecule has 0 bridgehead atoms. The highest BCUT2D eigenvalue weighted by atomic mass is 32.2. The van der Waals surface area contributed by atoms with Crippen LogP contribution in [0.5, 0.6) is 0 Å². The first-order chi connectivity index (χ1) is 9.03. The van der Waals surface area contributed by atoms with Crippen molar-refractivity contribution < 1.29 is 8.42 Å². The van der Waals surface area contributed by atoms with Gasteiger partial charge in [0.15, 0.2) is 0 Å². The van der Waals surface area contributed by atoms with Crippen LogP contribution in [0.25, 0.3) is 0 Å². The zero-order valence-electron chi connectivity index (χ0n) is 10.8. The quantitative estimate of drug-likeness (QED) is 0.883. The lowest BCUT2D eigenvalue weighted by atomic mass is 10.2. The Balaban J connectivity index is 2.18. The van der Waals surface area contributed by atoms with Gasteiger partial charge in [0.1, 0.15) is 0 Å². The molecule has 1 aromatic carbocycles. The smallest absolute Gasteiger partial charge is 0.218 e. The SMILES string of the molecule is C[C@H]1CNCCN1S(=O)(=O)Cc1cccc(C#N)c1. The van der Waals surface area contributed by atoms with Gasteiger partial charge in [-0.3, -0.25) is 0 Å². The fourth-order valence-electron chi connectivity index (χ4n) is 2.26. The summed E-state index contributed by atoms with van der Waals surface area (Å²) in [5.74, 6) is -0.0488. The Morgan fingerprint density at radius 1 is 1.53 bits per heavy atom. The summed E-state index contributed by atoms with van der Waals surface area (Å²) in [6, 6.07) is 8.75. The second-order valence-electron chi connectivity index (χ2n) is 4.73. The van der Waals surface area contributed by atoms with Gasteiger partial charge in [-0.05, 0) is 24.6 Å². The topological polar surface area (TPSA) is 73.2 Å². The van der Waals surface area contributed by atoms with Crippen LogP contribution in [0.15, 0.2) is 24.3 Å². The van der Waals surface area contributed by atoms with Crippen LogP contribution in [-0.2, 0) is 15.8 Å². The number of nitrogens with one attached hydrogen (secondary N) is 1. The molecule has 1 N–H and O–H groups in total. The molecule has 1 atom stereocenters. The minimum atomic E-state index is -3.33. The number of nitriles is 1. The summed E-state index contributed by atoms with van der Waals surface area (Å²) in [6.45, 7) is 3.76. The predicted molar refractivity (Wildman–Crippen MR) is 72.8 cm³/mol. The summed E-state index contributed by atoms with van der Waals surface area (Å²) in [4.78, 5) is 0. The molecular formula is C13H17N3O2S. The van der Waals surface area contributed by atoms with Crippen molar-refractivity contribution in [3.63, 3.8) is 0 Å². The number of rotatable bonds is 3. The van der Waals surface area contributed by atoms with E-state index in [1.165, 1.54) is 0 Å². The molecule has 19 heavy (non-hydrogen) atoms. The van der Waals surface area contributed by atoms with Gasteiger partial charge >= 0.3 is 0 Å². The number of piperazine rings is 1. The maximum atomic E-state index is 12.4. The lowest BCUT2D eigenvalue weighted by Gasteiger charge is -2.32. The standard InChI is InChI=1S/C13H17N3O2S/c1-11-9-15-5-6-16(11)19(17,18)10-13-4-2-3-12(7-13)8-14/h2-4,7,11,15H,5-6,9-10H2,1H3/t11-/m0/s1. The van der Waals surface area contributed by atoms with E-state index in [0.717, 1.165) is 0 Å². The Morgan fingerprint density at radius 2 is 2.32 bits per heavy atom. The van der Waals surface area contributed by atoms with E-state index in [2.05, 4.69) is 5.32 Å². The molecule has 6 heteroatoms. The molecule has 1 aliphatic heterocycles. The highest BCUT2D eigenvalue weighted by Gasteiger charge is 2.29. The highest BCUT2D eigenvalue weighted by molar-refractivity contribution is 7.88. The number of hydrogen-bond acceptors (Lipinski definition) is 4. The maximum Gasteiger partial charge on any atom is 0.218 e.